The van der Waals surface area contributed by atoms with Crippen molar-refractivity contribution in [3.63, 3.8) is 0 Å². The number of rotatable bonds is 3. The molecule has 1 aromatic rings. The highest BCUT2D eigenvalue weighted by Crippen LogP contribution is 2.48. The Kier molecular flexibility index (Phi) is 4.74. The molecule has 0 N–H and O–H groups in total. The van der Waals surface area contributed by atoms with Crippen molar-refractivity contribution in [2.45, 2.75) is 44.1 Å². The number of piperidine rings is 1. The number of amides is 2. The number of carbonyl (C=O) groups is 2. The zero-order valence-corrected chi connectivity index (χ0v) is 15.5. The molecule has 1 spiro atoms. The summed E-state index contributed by atoms with van der Waals surface area (Å²) in [5, 5.41) is 0. The van der Waals surface area contributed by atoms with Gasteiger partial charge in [-0.05, 0) is 31.7 Å². The van der Waals surface area contributed by atoms with E-state index in [1.54, 1.807) is 0 Å². The second kappa shape index (κ2) is 7.03. The SMILES string of the molecule is CCN1C(=O)C[C@@H](c2ccccc2)C12CCN(C(=O)[C@H]1CCOC1)CC2. The van der Waals surface area contributed by atoms with E-state index < -0.39 is 0 Å². The second-order valence-electron chi connectivity index (χ2n) is 7.79. The first kappa shape index (κ1) is 17.5. The molecule has 2 atom stereocenters. The van der Waals surface area contributed by atoms with Gasteiger partial charge < -0.3 is 14.5 Å². The summed E-state index contributed by atoms with van der Waals surface area (Å²) < 4.78 is 5.39. The zero-order valence-electron chi connectivity index (χ0n) is 15.5. The lowest BCUT2D eigenvalue weighted by molar-refractivity contribution is -0.139. The van der Waals surface area contributed by atoms with Gasteiger partial charge in [0, 0.05) is 38.6 Å². The van der Waals surface area contributed by atoms with E-state index >= 15 is 0 Å². The van der Waals surface area contributed by atoms with Crippen LogP contribution in [-0.2, 0) is 14.3 Å². The number of hydrogen-bond acceptors (Lipinski definition) is 3. The fourth-order valence-electron chi connectivity index (χ4n) is 5.24. The van der Waals surface area contributed by atoms with Crippen LogP contribution in [-0.4, -0.2) is 60.0 Å². The van der Waals surface area contributed by atoms with E-state index in [2.05, 4.69) is 36.1 Å². The molecule has 0 unspecified atom stereocenters. The summed E-state index contributed by atoms with van der Waals surface area (Å²) in [5.74, 6) is 0.746. The van der Waals surface area contributed by atoms with E-state index in [9.17, 15) is 9.59 Å². The Morgan fingerprint density at radius 2 is 1.96 bits per heavy atom. The first-order chi connectivity index (χ1) is 12.7. The van der Waals surface area contributed by atoms with Gasteiger partial charge in [-0.3, -0.25) is 9.59 Å². The average molecular weight is 356 g/mol. The van der Waals surface area contributed by atoms with Crippen LogP contribution in [0.3, 0.4) is 0 Å². The van der Waals surface area contributed by atoms with E-state index in [4.69, 9.17) is 4.74 Å². The first-order valence-corrected chi connectivity index (χ1v) is 9.87. The molecule has 3 aliphatic heterocycles. The molecular weight excluding hydrogens is 328 g/mol. The van der Waals surface area contributed by atoms with Gasteiger partial charge in [0.15, 0.2) is 0 Å². The predicted octanol–water partition coefficient (Wildman–Crippen LogP) is 2.42. The average Bonchev–Trinajstić information content (AvgIpc) is 3.30. The highest BCUT2D eigenvalue weighted by Gasteiger charge is 2.54. The molecule has 0 radical (unpaired) electrons. The molecule has 26 heavy (non-hydrogen) atoms. The Hall–Kier alpha value is -1.88. The number of ether oxygens (including phenoxy) is 1. The van der Waals surface area contributed by atoms with E-state index in [-0.39, 0.29) is 29.2 Å². The quantitative estimate of drug-likeness (QED) is 0.836. The molecule has 2 amide bonds. The van der Waals surface area contributed by atoms with Crippen molar-refractivity contribution in [1.82, 2.24) is 9.80 Å². The van der Waals surface area contributed by atoms with E-state index in [1.165, 1.54) is 5.56 Å². The zero-order chi connectivity index (χ0) is 18.1. The Bertz CT molecular complexity index is 661. The molecule has 4 rings (SSSR count). The normalized spacial score (nSPS) is 28.1. The Labute approximate surface area is 155 Å². The van der Waals surface area contributed by atoms with Crippen LogP contribution < -0.4 is 0 Å². The maximum absolute atomic E-state index is 12.7. The third-order valence-corrected chi connectivity index (χ3v) is 6.60. The summed E-state index contributed by atoms with van der Waals surface area (Å²) in [6.45, 7) is 5.55. The lowest BCUT2D eigenvalue weighted by Gasteiger charge is -2.48. The van der Waals surface area contributed by atoms with Crippen LogP contribution in [0.1, 0.15) is 44.1 Å². The Morgan fingerprint density at radius 1 is 1.23 bits per heavy atom. The first-order valence-electron chi connectivity index (χ1n) is 9.87. The van der Waals surface area contributed by atoms with Crippen molar-refractivity contribution in [3.05, 3.63) is 35.9 Å². The second-order valence-corrected chi connectivity index (χ2v) is 7.79. The van der Waals surface area contributed by atoms with Crippen molar-refractivity contribution in [1.29, 1.82) is 0 Å². The van der Waals surface area contributed by atoms with Gasteiger partial charge in [-0.25, -0.2) is 0 Å². The molecule has 1 aromatic carbocycles. The molecule has 3 aliphatic rings. The molecule has 5 heteroatoms. The van der Waals surface area contributed by atoms with Crippen molar-refractivity contribution in [2.75, 3.05) is 32.8 Å². The number of likely N-dealkylation sites (tertiary alicyclic amines) is 2. The maximum Gasteiger partial charge on any atom is 0.228 e. The van der Waals surface area contributed by atoms with Crippen LogP contribution in [0.4, 0.5) is 0 Å². The molecule has 3 heterocycles. The summed E-state index contributed by atoms with van der Waals surface area (Å²) in [5.41, 5.74) is 1.11. The molecule has 140 valence electrons. The van der Waals surface area contributed by atoms with Crippen LogP contribution in [0.25, 0.3) is 0 Å². The van der Waals surface area contributed by atoms with Gasteiger partial charge in [0.25, 0.3) is 0 Å². The summed E-state index contributed by atoms with van der Waals surface area (Å²) in [6.07, 6.45) is 3.16. The van der Waals surface area contributed by atoms with Crippen LogP contribution in [0.5, 0.6) is 0 Å². The molecular formula is C21H28N2O3. The van der Waals surface area contributed by atoms with Crippen molar-refractivity contribution >= 4 is 11.8 Å². The third-order valence-electron chi connectivity index (χ3n) is 6.60. The number of nitrogens with zero attached hydrogens (tertiary/aromatic N) is 2. The minimum Gasteiger partial charge on any atom is -0.381 e. The summed E-state index contributed by atoms with van der Waals surface area (Å²) in [4.78, 5) is 29.5. The van der Waals surface area contributed by atoms with E-state index in [0.717, 1.165) is 38.9 Å². The third kappa shape index (κ3) is 2.82. The molecule has 5 nitrogen and oxygen atoms in total. The topological polar surface area (TPSA) is 49.9 Å². The number of hydrogen-bond donors (Lipinski definition) is 0. The highest BCUT2D eigenvalue weighted by molar-refractivity contribution is 5.82. The summed E-state index contributed by atoms with van der Waals surface area (Å²) in [6, 6.07) is 10.4. The smallest absolute Gasteiger partial charge is 0.228 e. The van der Waals surface area contributed by atoms with E-state index in [1.807, 2.05) is 11.0 Å². The predicted molar refractivity (Wildman–Crippen MR) is 98.7 cm³/mol. The van der Waals surface area contributed by atoms with Gasteiger partial charge in [-0.1, -0.05) is 30.3 Å². The Morgan fingerprint density at radius 3 is 2.58 bits per heavy atom. The molecule has 3 saturated heterocycles. The minimum atomic E-state index is -0.143. The van der Waals surface area contributed by atoms with E-state index in [0.29, 0.717) is 19.6 Å². The summed E-state index contributed by atoms with van der Waals surface area (Å²) >= 11 is 0. The van der Waals surface area contributed by atoms with Gasteiger partial charge in [-0.15, -0.1) is 0 Å². The van der Waals surface area contributed by atoms with Crippen molar-refractivity contribution in [3.8, 4) is 0 Å². The largest absolute Gasteiger partial charge is 0.381 e. The Balaban J connectivity index is 1.55. The van der Waals surface area contributed by atoms with Crippen LogP contribution >= 0.6 is 0 Å². The maximum atomic E-state index is 12.7. The molecule has 3 fully saturated rings. The van der Waals surface area contributed by atoms with Gasteiger partial charge in [-0.2, -0.15) is 0 Å². The molecule has 0 aromatic heterocycles. The monoisotopic (exact) mass is 356 g/mol. The highest BCUT2D eigenvalue weighted by atomic mass is 16.5. The van der Waals surface area contributed by atoms with Gasteiger partial charge in [0.05, 0.1) is 18.1 Å². The summed E-state index contributed by atoms with van der Waals surface area (Å²) in [7, 11) is 0. The van der Waals surface area contributed by atoms with Crippen molar-refractivity contribution < 1.29 is 14.3 Å². The minimum absolute atomic E-state index is 0.0291. The number of likely N-dealkylation sites (N-methyl/N-ethyl adjacent to an activating group) is 1. The van der Waals surface area contributed by atoms with Crippen molar-refractivity contribution in [2.24, 2.45) is 5.92 Å². The number of benzene rings is 1. The fraction of sp³-hybridized carbons (Fsp3) is 0.619. The van der Waals surface area contributed by atoms with Gasteiger partial charge in [0.1, 0.15) is 0 Å². The lowest BCUT2D eigenvalue weighted by Crippen LogP contribution is -2.56. The molecule has 0 saturated carbocycles. The van der Waals surface area contributed by atoms with Gasteiger partial charge in [0.2, 0.25) is 11.8 Å². The fourth-order valence-corrected chi connectivity index (χ4v) is 5.24. The number of carbonyl (C=O) groups excluding carboxylic acids is 2. The van der Waals surface area contributed by atoms with Crippen LogP contribution in [0, 0.1) is 5.92 Å². The molecule has 0 aliphatic carbocycles. The van der Waals surface area contributed by atoms with Crippen LogP contribution in [0.2, 0.25) is 0 Å². The van der Waals surface area contributed by atoms with Crippen LogP contribution in [0.15, 0.2) is 30.3 Å². The molecule has 0 bridgehead atoms. The standard InChI is InChI=1S/C21H28N2O3/c1-2-23-19(24)14-18(16-6-4-3-5-7-16)21(23)9-11-22(12-10-21)20(25)17-8-13-26-15-17/h3-7,17-18H,2,8-15H2,1H3/t17-,18-/m0/s1. The lowest BCUT2D eigenvalue weighted by atomic mass is 9.73. The van der Waals surface area contributed by atoms with Gasteiger partial charge >= 0.3 is 0 Å².